The fourth-order valence-electron chi connectivity index (χ4n) is 4.50. The van der Waals surface area contributed by atoms with Crippen LogP contribution >= 0.6 is 12.2 Å². The molecule has 0 radical (unpaired) electrons. The molecule has 4 aromatic rings. The first-order chi connectivity index (χ1) is 17.6. The number of benzene rings is 1. The Morgan fingerprint density at radius 1 is 1.08 bits per heavy atom. The molecule has 1 aliphatic rings. The van der Waals surface area contributed by atoms with Gasteiger partial charge >= 0.3 is 0 Å². The molecule has 2 atom stereocenters. The van der Waals surface area contributed by atoms with Gasteiger partial charge in [0.15, 0.2) is 5.11 Å². The highest BCUT2D eigenvalue weighted by molar-refractivity contribution is 7.80. The molecular weight excluding hydrogens is 472 g/mol. The molecule has 5 rings (SSSR count). The van der Waals surface area contributed by atoms with E-state index in [1.807, 2.05) is 54.7 Å². The van der Waals surface area contributed by atoms with Crippen LogP contribution in [0.1, 0.15) is 29.0 Å². The molecule has 0 saturated carbocycles. The predicted octanol–water partition coefficient (Wildman–Crippen LogP) is 4.09. The number of pyridine rings is 2. The number of anilines is 2. The molecule has 8 nitrogen and oxygen atoms in total. The van der Waals surface area contributed by atoms with Crippen molar-refractivity contribution in [1.29, 1.82) is 0 Å². The summed E-state index contributed by atoms with van der Waals surface area (Å²) in [7, 11) is 1.49. The molecule has 4 heterocycles. The third kappa shape index (κ3) is 4.98. The number of carbonyl (C=O) groups is 1. The van der Waals surface area contributed by atoms with Crippen LogP contribution in [0.3, 0.4) is 0 Å². The Morgan fingerprint density at radius 3 is 2.67 bits per heavy atom. The number of thiocarbonyl (C=S) groups is 1. The lowest BCUT2D eigenvalue weighted by atomic mass is 10.0. The zero-order valence-corrected chi connectivity index (χ0v) is 20.6. The lowest BCUT2D eigenvalue weighted by Gasteiger charge is -2.29. The number of nitrogens with zero attached hydrogens (tertiary/aromatic N) is 4. The number of rotatable bonds is 8. The summed E-state index contributed by atoms with van der Waals surface area (Å²) in [5, 5.41) is 6.94. The third-order valence-electron chi connectivity index (χ3n) is 6.05. The van der Waals surface area contributed by atoms with Crippen molar-refractivity contribution in [2.75, 3.05) is 23.9 Å². The highest BCUT2D eigenvalue weighted by Gasteiger charge is 2.42. The molecule has 1 saturated heterocycles. The summed E-state index contributed by atoms with van der Waals surface area (Å²) in [6.07, 6.45) is 7.53. The van der Waals surface area contributed by atoms with Crippen molar-refractivity contribution in [3.05, 3.63) is 108 Å². The normalized spacial score (nSPS) is 17.1. The van der Waals surface area contributed by atoms with Gasteiger partial charge in [-0.3, -0.25) is 14.8 Å². The zero-order valence-electron chi connectivity index (χ0n) is 19.7. The van der Waals surface area contributed by atoms with Crippen LogP contribution in [-0.4, -0.2) is 39.3 Å². The summed E-state index contributed by atoms with van der Waals surface area (Å²) < 4.78 is 7.12. The van der Waals surface area contributed by atoms with Gasteiger partial charge in [0.1, 0.15) is 12.6 Å². The fourth-order valence-corrected chi connectivity index (χ4v) is 4.84. The van der Waals surface area contributed by atoms with E-state index in [2.05, 4.69) is 54.5 Å². The largest absolute Gasteiger partial charge is 0.375 e. The SMILES string of the molecule is COCC(=O)Nc1ccc(N2C(=S)N[C@H](c3ccccn3)[C@H]2c2cccn2Cc2cccnc2)cc1. The topological polar surface area (TPSA) is 84.3 Å². The Balaban J connectivity index is 1.51. The number of ether oxygens (including phenoxy) is 1. The van der Waals surface area contributed by atoms with E-state index in [0.717, 1.165) is 22.6 Å². The van der Waals surface area contributed by atoms with Gasteiger partial charge in [0.05, 0.1) is 11.7 Å². The Labute approximate surface area is 215 Å². The van der Waals surface area contributed by atoms with Gasteiger partial charge in [-0.25, -0.2) is 0 Å². The van der Waals surface area contributed by atoms with Gasteiger partial charge < -0.3 is 24.8 Å². The van der Waals surface area contributed by atoms with Gasteiger partial charge in [-0.1, -0.05) is 12.1 Å². The van der Waals surface area contributed by atoms with E-state index in [1.165, 1.54) is 7.11 Å². The summed E-state index contributed by atoms with van der Waals surface area (Å²) in [6, 6.07) is 21.4. The maximum atomic E-state index is 11.9. The first-order valence-corrected chi connectivity index (χ1v) is 12.0. The van der Waals surface area contributed by atoms with Crippen LogP contribution in [0.4, 0.5) is 11.4 Å². The second-order valence-corrected chi connectivity index (χ2v) is 8.83. The summed E-state index contributed by atoms with van der Waals surface area (Å²) in [5.41, 5.74) is 4.72. The molecule has 0 aliphatic carbocycles. The second kappa shape index (κ2) is 10.7. The summed E-state index contributed by atoms with van der Waals surface area (Å²) in [6.45, 7) is 0.691. The molecule has 1 aromatic carbocycles. The monoisotopic (exact) mass is 498 g/mol. The van der Waals surface area contributed by atoms with E-state index in [1.54, 1.807) is 12.4 Å². The van der Waals surface area contributed by atoms with Crippen molar-refractivity contribution in [1.82, 2.24) is 19.9 Å². The molecule has 1 fully saturated rings. The van der Waals surface area contributed by atoms with Crippen molar-refractivity contribution >= 4 is 34.6 Å². The minimum Gasteiger partial charge on any atom is -0.375 e. The minimum atomic E-state index is -0.204. The van der Waals surface area contributed by atoms with Crippen LogP contribution in [0.15, 0.2) is 91.5 Å². The molecule has 1 amide bonds. The van der Waals surface area contributed by atoms with Crippen molar-refractivity contribution in [3.8, 4) is 0 Å². The molecule has 36 heavy (non-hydrogen) atoms. The Kier molecular flexibility index (Phi) is 7.01. The predicted molar refractivity (Wildman–Crippen MR) is 143 cm³/mol. The van der Waals surface area contributed by atoms with Gasteiger partial charge in [-0.2, -0.15) is 0 Å². The average molecular weight is 499 g/mol. The number of amides is 1. The van der Waals surface area contributed by atoms with Crippen LogP contribution in [0.2, 0.25) is 0 Å². The lowest BCUT2D eigenvalue weighted by Crippen LogP contribution is -2.30. The Morgan fingerprint density at radius 2 is 1.94 bits per heavy atom. The van der Waals surface area contributed by atoms with Crippen molar-refractivity contribution in [3.63, 3.8) is 0 Å². The highest BCUT2D eigenvalue weighted by Crippen LogP contribution is 2.42. The third-order valence-corrected chi connectivity index (χ3v) is 6.36. The maximum Gasteiger partial charge on any atom is 0.250 e. The first-order valence-electron chi connectivity index (χ1n) is 11.6. The molecule has 0 unspecified atom stereocenters. The molecule has 0 bridgehead atoms. The van der Waals surface area contributed by atoms with Crippen LogP contribution in [0.5, 0.6) is 0 Å². The Hall–Kier alpha value is -4.08. The highest BCUT2D eigenvalue weighted by atomic mass is 32.1. The smallest absolute Gasteiger partial charge is 0.250 e. The molecule has 2 N–H and O–H groups in total. The molecule has 3 aromatic heterocycles. The molecule has 182 valence electrons. The maximum absolute atomic E-state index is 11.9. The first kappa shape index (κ1) is 23.7. The van der Waals surface area contributed by atoms with E-state index in [4.69, 9.17) is 17.0 Å². The number of nitrogens with one attached hydrogen (secondary N) is 2. The molecule has 9 heteroatoms. The Bertz CT molecular complexity index is 1330. The number of aromatic nitrogens is 3. The minimum absolute atomic E-state index is 0.00361. The van der Waals surface area contributed by atoms with E-state index in [0.29, 0.717) is 17.3 Å². The second-order valence-electron chi connectivity index (χ2n) is 8.45. The quantitative estimate of drug-likeness (QED) is 0.354. The molecular formula is C27H26N6O2S. The average Bonchev–Trinajstić information content (AvgIpc) is 3.49. The van der Waals surface area contributed by atoms with Crippen LogP contribution in [0.25, 0.3) is 0 Å². The van der Waals surface area contributed by atoms with Crippen LogP contribution in [-0.2, 0) is 16.1 Å². The lowest BCUT2D eigenvalue weighted by molar-refractivity contribution is -0.119. The van der Waals surface area contributed by atoms with Gasteiger partial charge in [-0.05, 0) is 72.4 Å². The number of hydrogen-bond acceptors (Lipinski definition) is 5. The summed E-state index contributed by atoms with van der Waals surface area (Å²) in [5.74, 6) is -0.204. The number of methoxy groups -OCH3 is 1. The number of hydrogen-bond donors (Lipinski definition) is 2. The summed E-state index contributed by atoms with van der Waals surface area (Å²) in [4.78, 5) is 22.9. The van der Waals surface area contributed by atoms with Crippen LogP contribution < -0.4 is 15.5 Å². The standard InChI is InChI=1S/C27H26N6O2S/c1-35-18-24(34)30-20-9-11-21(12-10-20)33-26(25(31-27(33)36)22-7-2-3-14-29-22)23-8-5-15-32(23)17-19-6-4-13-28-16-19/h2-16,25-26H,17-18H2,1H3,(H,30,34)(H,31,36)/t25-,26-/m1/s1. The fraction of sp³-hybridized carbons (Fsp3) is 0.185. The van der Waals surface area contributed by atoms with Crippen molar-refractivity contribution in [2.24, 2.45) is 0 Å². The number of carbonyl (C=O) groups excluding carboxylic acids is 1. The van der Waals surface area contributed by atoms with E-state index in [-0.39, 0.29) is 24.6 Å². The van der Waals surface area contributed by atoms with Crippen LogP contribution in [0, 0.1) is 0 Å². The van der Waals surface area contributed by atoms with E-state index in [9.17, 15) is 4.79 Å². The van der Waals surface area contributed by atoms with Crippen molar-refractivity contribution in [2.45, 2.75) is 18.6 Å². The van der Waals surface area contributed by atoms with Crippen molar-refractivity contribution < 1.29 is 9.53 Å². The van der Waals surface area contributed by atoms with Gasteiger partial charge in [-0.15, -0.1) is 0 Å². The van der Waals surface area contributed by atoms with Gasteiger partial charge in [0.25, 0.3) is 0 Å². The van der Waals surface area contributed by atoms with E-state index >= 15 is 0 Å². The van der Waals surface area contributed by atoms with E-state index < -0.39 is 0 Å². The van der Waals surface area contributed by atoms with Gasteiger partial charge in [0.2, 0.25) is 5.91 Å². The van der Waals surface area contributed by atoms with Gasteiger partial charge in [0, 0.05) is 55.5 Å². The molecule has 1 aliphatic heterocycles. The molecule has 0 spiro atoms. The summed E-state index contributed by atoms with van der Waals surface area (Å²) >= 11 is 5.84. The zero-order chi connectivity index (χ0) is 24.9.